The minimum absolute atomic E-state index is 0.0509. The number of rotatable bonds is 7. The van der Waals surface area contributed by atoms with E-state index in [1.807, 2.05) is 0 Å². The van der Waals surface area contributed by atoms with Crippen LogP contribution in [0.25, 0.3) is 0 Å². The average Bonchev–Trinajstić information content (AvgIpc) is 3.12. The monoisotopic (exact) mass is 515 g/mol. The average molecular weight is 516 g/mol. The molecule has 35 heavy (non-hydrogen) atoms. The van der Waals surface area contributed by atoms with Crippen molar-refractivity contribution in [3.63, 3.8) is 0 Å². The van der Waals surface area contributed by atoms with Crippen molar-refractivity contribution in [2.45, 2.75) is 96.9 Å². The molecule has 0 aromatic rings. The molecule has 4 aliphatic carbocycles. The summed E-state index contributed by atoms with van der Waals surface area (Å²) in [6, 6.07) is 0. The molecule has 0 radical (unpaired) electrons. The second kappa shape index (κ2) is 9.86. The van der Waals surface area contributed by atoms with Crippen LogP contribution >= 0.6 is 0 Å². The fourth-order valence-electron chi connectivity index (χ4n) is 9.10. The van der Waals surface area contributed by atoms with Crippen LogP contribution in [0.3, 0.4) is 0 Å². The van der Waals surface area contributed by atoms with Gasteiger partial charge in [0.2, 0.25) is 5.91 Å². The maximum atomic E-state index is 12.2. The van der Waals surface area contributed by atoms with Crippen molar-refractivity contribution in [1.82, 2.24) is 5.32 Å². The van der Waals surface area contributed by atoms with Crippen molar-refractivity contribution in [3.8, 4) is 0 Å². The van der Waals surface area contributed by atoms with E-state index in [9.17, 15) is 28.5 Å². The van der Waals surface area contributed by atoms with Gasteiger partial charge in [-0.1, -0.05) is 20.8 Å². The van der Waals surface area contributed by atoms with Crippen molar-refractivity contribution < 1.29 is 33.1 Å². The van der Waals surface area contributed by atoms with E-state index in [2.05, 4.69) is 26.1 Å². The third kappa shape index (κ3) is 5.05. The van der Waals surface area contributed by atoms with Gasteiger partial charge in [0.15, 0.2) is 0 Å². The number of nitrogens with one attached hydrogen (secondary N) is 1. The molecule has 11 atom stereocenters. The van der Waals surface area contributed by atoms with Gasteiger partial charge in [-0.15, -0.1) is 0 Å². The molecule has 0 aromatic heterocycles. The fraction of sp³-hybridized carbons (Fsp3) is 0.962. The molecule has 5 N–H and O–H groups in total. The van der Waals surface area contributed by atoms with E-state index in [-0.39, 0.29) is 65.4 Å². The van der Waals surface area contributed by atoms with Crippen molar-refractivity contribution in [1.29, 1.82) is 0 Å². The van der Waals surface area contributed by atoms with E-state index in [0.717, 1.165) is 38.5 Å². The van der Waals surface area contributed by atoms with Crippen molar-refractivity contribution in [3.05, 3.63) is 0 Å². The summed E-state index contributed by atoms with van der Waals surface area (Å²) in [5, 5.41) is 35.8. The van der Waals surface area contributed by atoms with Gasteiger partial charge < -0.3 is 20.6 Å². The van der Waals surface area contributed by atoms with Gasteiger partial charge in [0, 0.05) is 13.0 Å². The van der Waals surface area contributed by atoms with Crippen LogP contribution in [0, 0.1) is 46.3 Å². The summed E-state index contributed by atoms with van der Waals surface area (Å²) in [5.41, 5.74) is -0.254. The van der Waals surface area contributed by atoms with Gasteiger partial charge >= 0.3 is 0 Å². The Bertz CT molecular complexity index is 896. The summed E-state index contributed by atoms with van der Waals surface area (Å²) in [5.74, 6) is 0.705. The van der Waals surface area contributed by atoms with Gasteiger partial charge in [0.05, 0.1) is 24.1 Å². The summed E-state index contributed by atoms with van der Waals surface area (Å²) in [6.07, 6.45) is 5.67. The van der Waals surface area contributed by atoms with Crippen LogP contribution in [0.2, 0.25) is 0 Å². The standard InChI is InChI=1S/C26H45NO7S/c1-15(4-7-23(31)27-10-11-35(32,33)34)18-5-6-19-24-20(14-22(30)26(18,19)3)25(2)9-8-17(28)12-16(25)13-21(24)29/h15-22,24,28-30H,4-14H2,1-3H3,(H,27,31)(H,32,33,34)/t15-,16+,17-,18?,19?,20?,21+,22+,24?,25+,26-/m1/s1. The first-order valence-electron chi connectivity index (χ1n) is 13.5. The third-order valence-corrected chi connectivity index (χ3v) is 11.7. The summed E-state index contributed by atoms with van der Waals surface area (Å²) >= 11 is 0. The maximum absolute atomic E-state index is 12.2. The summed E-state index contributed by atoms with van der Waals surface area (Å²) < 4.78 is 30.5. The Kier molecular flexibility index (Phi) is 7.69. The van der Waals surface area contributed by atoms with Crippen LogP contribution < -0.4 is 5.32 Å². The topological polar surface area (TPSA) is 144 Å². The van der Waals surface area contributed by atoms with Crippen LogP contribution in [0.15, 0.2) is 0 Å². The molecule has 4 rings (SSSR count). The highest BCUT2D eigenvalue weighted by Crippen LogP contribution is 2.68. The minimum Gasteiger partial charge on any atom is -0.393 e. The minimum atomic E-state index is -4.10. The number of aliphatic hydroxyl groups is 3. The molecule has 4 fully saturated rings. The molecule has 0 bridgehead atoms. The number of amides is 1. The SMILES string of the molecule is C[C@H](CCC(=O)NCCS(=O)(=O)O)C1CCC2C3C(C[C@H](O)[C@@]21C)[C@@]1(C)CC[C@@H](O)C[C@H]1C[C@@H]3O. The van der Waals surface area contributed by atoms with Crippen molar-refractivity contribution in [2.75, 3.05) is 12.3 Å². The van der Waals surface area contributed by atoms with E-state index in [0.29, 0.717) is 18.8 Å². The highest BCUT2D eigenvalue weighted by molar-refractivity contribution is 7.85. The molecule has 0 saturated heterocycles. The smallest absolute Gasteiger partial charge is 0.266 e. The fourth-order valence-corrected chi connectivity index (χ4v) is 9.46. The second-order valence-corrected chi connectivity index (χ2v) is 14.2. The molecule has 4 unspecified atom stereocenters. The number of hydrogen-bond donors (Lipinski definition) is 5. The normalized spacial score (nSPS) is 46.3. The van der Waals surface area contributed by atoms with E-state index in [1.54, 1.807) is 0 Å². The van der Waals surface area contributed by atoms with Gasteiger partial charge in [-0.25, -0.2) is 0 Å². The van der Waals surface area contributed by atoms with Gasteiger partial charge in [0.25, 0.3) is 10.1 Å². The molecular formula is C26H45NO7S. The lowest BCUT2D eigenvalue weighted by molar-refractivity contribution is -0.207. The summed E-state index contributed by atoms with van der Waals surface area (Å²) in [6.45, 7) is 6.56. The van der Waals surface area contributed by atoms with Crippen molar-refractivity contribution in [2.24, 2.45) is 46.3 Å². The highest BCUT2D eigenvalue weighted by atomic mass is 32.2. The second-order valence-electron chi connectivity index (χ2n) is 12.7. The Hall–Kier alpha value is -0.740. The molecule has 8 nitrogen and oxygen atoms in total. The van der Waals surface area contributed by atoms with E-state index in [4.69, 9.17) is 4.55 Å². The van der Waals surface area contributed by atoms with Crippen LogP contribution in [0.5, 0.6) is 0 Å². The molecule has 0 aromatic carbocycles. The van der Waals surface area contributed by atoms with Gasteiger partial charge in [0.1, 0.15) is 0 Å². The molecule has 9 heteroatoms. The Morgan fingerprint density at radius 1 is 1.06 bits per heavy atom. The van der Waals surface area contributed by atoms with Crippen LogP contribution in [0.1, 0.15) is 78.6 Å². The first-order chi connectivity index (χ1) is 16.3. The number of carbonyl (C=O) groups is 1. The Balaban J connectivity index is 1.43. The molecule has 0 spiro atoms. The zero-order chi connectivity index (χ0) is 25.8. The number of fused-ring (bicyclic) bond motifs is 5. The predicted molar refractivity (Wildman–Crippen MR) is 132 cm³/mol. The van der Waals surface area contributed by atoms with Gasteiger partial charge in [-0.3, -0.25) is 9.35 Å². The van der Waals surface area contributed by atoms with Gasteiger partial charge in [-0.2, -0.15) is 8.42 Å². The van der Waals surface area contributed by atoms with Crippen LogP contribution in [-0.4, -0.2) is 64.8 Å². The van der Waals surface area contributed by atoms with Crippen molar-refractivity contribution >= 4 is 16.0 Å². The Labute approximate surface area is 210 Å². The summed E-state index contributed by atoms with van der Waals surface area (Å²) in [4.78, 5) is 12.2. The highest BCUT2D eigenvalue weighted by Gasteiger charge is 2.65. The van der Waals surface area contributed by atoms with Crippen LogP contribution in [-0.2, 0) is 14.9 Å². The lowest BCUT2D eigenvalue weighted by Crippen LogP contribution is -2.62. The zero-order valence-corrected chi connectivity index (χ0v) is 22.2. The lowest BCUT2D eigenvalue weighted by atomic mass is 9.43. The maximum Gasteiger partial charge on any atom is 0.266 e. The Morgan fingerprint density at radius 3 is 2.46 bits per heavy atom. The number of carbonyl (C=O) groups excluding carboxylic acids is 1. The van der Waals surface area contributed by atoms with Crippen LogP contribution in [0.4, 0.5) is 0 Å². The quantitative estimate of drug-likeness (QED) is 0.327. The molecule has 1 amide bonds. The molecule has 4 saturated carbocycles. The Morgan fingerprint density at radius 2 is 1.77 bits per heavy atom. The first-order valence-corrected chi connectivity index (χ1v) is 15.1. The van der Waals surface area contributed by atoms with E-state index < -0.39 is 28.1 Å². The predicted octanol–water partition coefficient (Wildman–Crippen LogP) is 2.37. The number of aliphatic hydroxyl groups excluding tert-OH is 3. The molecule has 4 aliphatic rings. The summed E-state index contributed by atoms with van der Waals surface area (Å²) in [7, 11) is -4.10. The molecule has 0 aliphatic heterocycles. The third-order valence-electron chi connectivity index (χ3n) is 11.0. The lowest BCUT2D eigenvalue weighted by Gasteiger charge is -2.63. The zero-order valence-electron chi connectivity index (χ0n) is 21.4. The molecular weight excluding hydrogens is 470 g/mol. The number of hydrogen-bond acceptors (Lipinski definition) is 6. The van der Waals surface area contributed by atoms with E-state index in [1.165, 1.54) is 0 Å². The van der Waals surface area contributed by atoms with E-state index >= 15 is 0 Å². The molecule has 0 heterocycles. The van der Waals surface area contributed by atoms with Gasteiger partial charge in [-0.05, 0) is 97.7 Å². The molecule has 202 valence electrons. The largest absolute Gasteiger partial charge is 0.393 e. The first kappa shape index (κ1) is 27.3.